The summed E-state index contributed by atoms with van der Waals surface area (Å²) < 4.78 is 37.2. The Morgan fingerprint density at radius 2 is 2.27 bits per heavy atom. The fourth-order valence-corrected chi connectivity index (χ4v) is 3.73. The van der Waals surface area contributed by atoms with E-state index in [2.05, 4.69) is 0 Å². The molecule has 0 aromatic heterocycles. The average Bonchev–Trinajstić information content (AvgIpc) is 2.54. The molecule has 0 saturated carbocycles. The van der Waals surface area contributed by atoms with Gasteiger partial charge in [-0.15, -0.1) is 12.4 Å². The van der Waals surface area contributed by atoms with E-state index in [0.717, 1.165) is 0 Å². The molecule has 1 heterocycles. The number of ether oxygens (including phenoxy) is 2. The Hall–Kier alpha value is -1.37. The molecule has 1 fully saturated rings. The van der Waals surface area contributed by atoms with E-state index >= 15 is 0 Å². The number of nitrogens with zero attached hydrogens (tertiary/aromatic N) is 2. The van der Waals surface area contributed by atoms with Gasteiger partial charge in [0.15, 0.2) is 0 Å². The summed E-state index contributed by atoms with van der Waals surface area (Å²) in [6.07, 6.45) is -0.307. The number of nitrogens with two attached hydrogens (primary N) is 1. The van der Waals surface area contributed by atoms with E-state index in [4.69, 9.17) is 20.5 Å². The standard InChI is InChI=1S/C13H17N3O4S.ClH/c1-19-12-6-10(7-14)2-3-13(12)21(17,18)16-4-5-20-11(8-15)9-16;/h2-3,6,11H,4-5,8-9,15H2,1H3;1H. The zero-order chi connectivity index (χ0) is 15.5. The minimum absolute atomic E-state index is 0. The van der Waals surface area contributed by atoms with Crippen molar-refractivity contribution in [3.8, 4) is 11.8 Å². The number of hydrogen-bond acceptors (Lipinski definition) is 6. The largest absolute Gasteiger partial charge is 0.495 e. The van der Waals surface area contributed by atoms with E-state index in [1.807, 2.05) is 6.07 Å². The highest BCUT2D eigenvalue weighted by Gasteiger charge is 2.32. The van der Waals surface area contributed by atoms with Gasteiger partial charge >= 0.3 is 0 Å². The molecule has 1 atom stereocenters. The van der Waals surface area contributed by atoms with Gasteiger partial charge in [-0.05, 0) is 18.2 Å². The molecule has 2 N–H and O–H groups in total. The third kappa shape index (κ3) is 3.69. The minimum atomic E-state index is -3.71. The van der Waals surface area contributed by atoms with Gasteiger partial charge in [0.05, 0.1) is 31.5 Å². The van der Waals surface area contributed by atoms with Crippen LogP contribution in [0.2, 0.25) is 0 Å². The number of hydrogen-bond donors (Lipinski definition) is 1. The maximum atomic E-state index is 12.7. The summed E-state index contributed by atoms with van der Waals surface area (Å²) >= 11 is 0. The molecule has 1 unspecified atom stereocenters. The molecule has 0 bridgehead atoms. The van der Waals surface area contributed by atoms with Crippen LogP contribution in [0.5, 0.6) is 5.75 Å². The maximum absolute atomic E-state index is 12.7. The van der Waals surface area contributed by atoms with Gasteiger partial charge in [-0.25, -0.2) is 8.42 Å². The maximum Gasteiger partial charge on any atom is 0.246 e. The van der Waals surface area contributed by atoms with Gasteiger partial charge in [0.25, 0.3) is 0 Å². The second kappa shape index (κ2) is 7.76. The first-order valence-electron chi connectivity index (χ1n) is 6.43. The van der Waals surface area contributed by atoms with Gasteiger partial charge < -0.3 is 15.2 Å². The van der Waals surface area contributed by atoms with Crippen LogP contribution in [0.25, 0.3) is 0 Å². The third-order valence-corrected chi connectivity index (χ3v) is 5.18. The summed E-state index contributed by atoms with van der Waals surface area (Å²) in [5.41, 5.74) is 5.87. The molecule has 0 radical (unpaired) electrons. The van der Waals surface area contributed by atoms with Crippen molar-refractivity contribution in [3.05, 3.63) is 23.8 Å². The molecule has 2 rings (SSSR count). The number of morpholine rings is 1. The Kier molecular flexibility index (Phi) is 6.59. The summed E-state index contributed by atoms with van der Waals surface area (Å²) in [6.45, 7) is 1.04. The van der Waals surface area contributed by atoms with Crippen molar-refractivity contribution in [1.82, 2.24) is 4.31 Å². The lowest BCUT2D eigenvalue weighted by Crippen LogP contribution is -2.48. The van der Waals surface area contributed by atoms with E-state index in [1.165, 1.54) is 29.6 Å². The van der Waals surface area contributed by atoms with E-state index in [-0.39, 0.29) is 48.8 Å². The Morgan fingerprint density at radius 3 is 2.86 bits per heavy atom. The van der Waals surface area contributed by atoms with Crippen LogP contribution in [0.15, 0.2) is 23.1 Å². The van der Waals surface area contributed by atoms with Crippen molar-refractivity contribution in [2.75, 3.05) is 33.4 Å². The molecule has 1 aromatic carbocycles. The van der Waals surface area contributed by atoms with Crippen LogP contribution in [0.4, 0.5) is 0 Å². The fourth-order valence-electron chi connectivity index (χ4n) is 2.14. The monoisotopic (exact) mass is 347 g/mol. The van der Waals surface area contributed by atoms with Crippen LogP contribution in [0, 0.1) is 11.3 Å². The van der Waals surface area contributed by atoms with Crippen molar-refractivity contribution in [3.63, 3.8) is 0 Å². The lowest BCUT2D eigenvalue weighted by molar-refractivity contribution is 0.00447. The first-order valence-corrected chi connectivity index (χ1v) is 7.87. The lowest BCUT2D eigenvalue weighted by Gasteiger charge is -2.31. The van der Waals surface area contributed by atoms with Crippen molar-refractivity contribution in [2.24, 2.45) is 5.73 Å². The number of benzene rings is 1. The highest BCUT2D eigenvalue weighted by Crippen LogP contribution is 2.28. The van der Waals surface area contributed by atoms with Gasteiger partial charge in [0.2, 0.25) is 10.0 Å². The molecule has 0 amide bonds. The molecule has 1 saturated heterocycles. The molecule has 122 valence electrons. The van der Waals surface area contributed by atoms with E-state index in [9.17, 15) is 8.42 Å². The Balaban J connectivity index is 0.00000242. The summed E-state index contributed by atoms with van der Waals surface area (Å²) in [7, 11) is -2.34. The zero-order valence-electron chi connectivity index (χ0n) is 12.1. The second-order valence-corrected chi connectivity index (χ2v) is 6.48. The summed E-state index contributed by atoms with van der Waals surface area (Å²) in [5, 5.41) is 8.87. The van der Waals surface area contributed by atoms with Gasteiger partial charge in [-0.1, -0.05) is 0 Å². The molecular formula is C13H18ClN3O4S. The Labute approximate surface area is 136 Å². The first-order chi connectivity index (χ1) is 10.0. The smallest absolute Gasteiger partial charge is 0.246 e. The average molecular weight is 348 g/mol. The van der Waals surface area contributed by atoms with Crippen molar-refractivity contribution in [1.29, 1.82) is 5.26 Å². The Morgan fingerprint density at radius 1 is 1.55 bits per heavy atom. The van der Waals surface area contributed by atoms with Crippen LogP contribution in [0.3, 0.4) is 0 Å². The minimum Gasteiger partial charge on any atom is -0.495 e. The molecule has 0 spiro atoms. The lowest BCUT2D eigenvalue weighted by atomic mass is 10.2. The number of halogens is 1. The van der Waals surface area contributed by atoms with Gasteiger partial charge in [0.1, 0.15) is 10.6 Å². The van der Waals surface area contributed by atoms with Crippen LogP contribution in [-0.2, 0) is 14.8 Å². The highest BCUT2D eigenvalue weighted by atomic mass is 35.5. The molecule has 7 nitrogen and oxygen atoms in total. The molecule has 1 aliphatic heterocycles. The number of sulfonamides is 1. The number of methoxy groups -OCH3 is 1. The van der Waals surface area contributed by atoms with Gasteiger partial charge in [-0.2, -0.15) is 9.57 Å². The predicted octanol–water partition coefficient (Wildman–Crippen LogP) is 0.337. The first kappa shape index (κ1) is 18.7. The topological polar surface area (TPSA) is 106 Å². The molecular weight excluding hydrogens is 330 g/mol. The summed E-state index contributed by atoms with van der Waals surface area (Å²) in [5.74, 6) is 0.157. The van der Waals surface area contributed by atoms with Crippen molar-refractivity contribution >= 4 is 22.4 Å². The van der Waals surface area contributed by atoms with Gasteiger partial charge in [0, 0.05) is 19.6 Å². The summed E-state index contributed by atoms with van der Waals surface area (Å²) in [4.78, 5) is 0.0432. The van der Waals surface area contributed by atoms with Gasteiger partial charge in [-0.3, -0.25) is 0 Å². The molecule has 0 aliphatic carbocycles. The van der Waals surface area contributed by atoms with E-state index in [0.29, 0.717) is 12.2 Å². The zero-order valence-corrected chi connectivity index (χ0v) is 13.7. The molecule has 9 heteroatoms. The third-order valence-electron chi connectivity index (χ3n) is 3.27. The van der Waals surface area contributed by atoms with Crippen molar-refractivity contribution in [2.45, 2.75) is 11.0 Å². The second-order valence-electron chi connectivity index (χ2n) is 4.57. The van der Waals surface area contributed by atoms with Crippen LogP contribution in [0.1, 0.15) is 5.56 Å². The van der Waals surface area contributed by atoms with Crippen LogP contribution < -0.4 is 10.5 Å². The Bertz CT molecular complexity index is 660. The normalized spacial score (nSPS) is 19.0. The fraction of sp³-hybridized carbons (Fsp3) is 0.462. The van der Waals surface area contributed by atoms with E-state index < -0.39 is 10.0 Å². The molecule has 22 heavy (non-hydrogen) atoms. The highest BCUT2D eigenvalue weighted by molar-refractivity contribution is 7.89. The van der Waals surface area contributed by atoms with Crippen LogP contribution >= 0.6 is 12.4 Å². The molecule has 1 aromatic rings. The van der Waals surface area contributed by atoms with Crippen molar-refractivity contribution < 1.29 is 17.9 Å². The van der Waals surface area contributed by atoms with E-state index in [1.54, 1.807) is 0 Å². The predicted molar refractivity (Wildman–Crippen MR) is 82.5 cm³/mol. The quantitative estimate of drug-likeness (QED) is 0.841. The number of rotatable bonds is 4. The van der Waals surface area contributed by atoms with Crippen LogP contribution in [-0.4, -0.2) is 52.2 Å². The molecule has 1 aliphatic rings. The SMILES string of the molecule is COc1cc(C#N)ccc1S(=O)(=O)N1CCOC(CN)C1.Cl. The summed E-state index contributed by atoms with van der Waals surface area (Å²) in [6, 6.07) is 6.20. The number of nitriles is 1.